The van der Waals surface area contributed by atoms with Crippen LogP contribution in [0.2, 0.25) is 0 Å². The van der Waals surface area contributed by atoms with E-state index in [1.165, 1.54) is 0 Å². The number of amides is 1. The summed E-state index contributed by atoms with van der Waals surface area (Å²) < 4.78 is 5.36. The minimum atomic E-state index is -0.163. The number of rotatable bonds is 6. The molecule has 2 N–H and O–H groups in total. The zero-order chi connectivity index (χ0) is 20.1. The zero-order valence-electron chi connectivity index (χ0n) is 16.3. The first-order valence-electron chi connectivity index (χ1n) is 10.1. The average Bonchev–Trinajstić information content (AvgIpc) is 2.73. The molecule has 2 aromatic rings. The fourth-order valence-corrected chi connectivity index (χ4v) is 3.72. The number of ether oxygens (including phenoxy) is 1. The molecular weight excluding hydrogens is 368 g/mol. The third-order valence-electron chi connectivity index (χ3n) is 5.54. The van der Waals surface area contributed by atoms with Gasteiger partial charge in [0.1, 0.15) is 5.69 Å². The number of anilines is 1. The predicted octanol–water partition coefficient (Wildman–Crippen LogP) is 2.43. The number of H-pyrrole nitrogens is 1. The van der Waals surface area contributed by atoms with Crippen LogP contribution >= 0.6 is 0 Å². The second-order valence-corrected chi connectivity index (χ2v) is 7.65. The van der Waals surface area contributed by atoms with Gasteiger partial charge in [0.15, 0.2) is 0 Å². The lowest BCUT2D eigenvalue weighted by Gasteiger charge is -2.39. The number of allylic oxidation sites excluding steroid dienone is 1. The van der Waals surface area contributed by atoms with E-state index in [0.717, 1.165) is 43.6 Å². The van der Waals surface area contributed by atoms with E-state index in [1.54, 1.807) is 29.6 Å². The molecule has 0 bridgehead atoms. The van der Waals surface area contributed by atoms with Crippen LogP contribution in [0, 0.1) is 5.92 Å². The molecule has 2 fully saturated rings. The molecule has 0 saturated carbocycles. The van der Waals surface area contributed by atoms with E-state index in [4.69, 9.17) is 4.74 Å². The molecule has 2 aromatic heterocycles. The molecule has 0 spiro atoms. The van der Waals surface area contributed by atoms with Gasteiger partial charge in [0.05, 0.1) is 6.04 Å². The summed E-state index contributed by atoms with van der Waals surface area (Å²) >= 11 is 0. The van der Waals surface area contributed by atoms with Gasteiger partial charge < -0.3 is 19.9 Å². The first-order chi connectivity index (χ1) is 14.2. The Morgan fingerprint density at radius 2 is 2.00 bits per heavy atom. The normalized spacial score (nSPS) is 18.0. The number of nitrogens with zero attached hydrogens (tertiary/aromatic N) is 2. The number of carbonyl (C=O) groups is 1. The van der Waals surface area contributed by atoms with E-state index in [1.807, 2.05) is 24.3 Å². The highest BCUT2D eigenvalue weighted by atomic mass is 16.5. The largest absolute Gasteiger partial charge is 0.381 e. The van der Waals surface area contributed by atoms with Gasteiger partial charge in [-0.15, -0.1) is 0 Å². The Morgan fingerprint density at radius 3 is 2.76 bits per heavy atom. The number of aromatic amines is 1. The Kier molecular flexibility index (Phi) is 6.05. The zero-order valence-corrected chi connectivity index (χ0v) is 16.3. The fraction of sp³-hybridized carbons (Fsp3) is 0.409. The third-order valence-corrected chi connectivity index (χ3v) is 5.54. The summed E-state index contributed by atoms with van der Waals surface area (Å²) in [6.07, 6.45) is 11.9. The van der Waals surface area contributed by atoms with Gasteiger partial charge in [-0.05, 0) is 55.0 Å². The Hall–Kier alpha value is -2.93. The van der Waals surface area contributed by atoms with Crippen LogP contribution in [0.25, 0.3) is 11.1 Å². The summed E-state index contributed by atoms with van der Waals surface area (Å²) in [6, 6.07) is 5.71. The van der Waals surface area contributed by atoms with Crippen LogP contribution in [0.1, 0.15) is 19.3 Å². The van der Waals surface area contributed by atoms with Crippen molar-refractivity contribution in [1.29, 1.82) is 0 Å². The van der Waals surface area contributed by atoms with Crippen LogP contribution in [0.4, 0.5) is 5.69 Å². The van der Waals surface area contributed by atoms with E-state index in [-0.39, 0.29) is 17.5 Å². The van der Waals surface area contributed by atoms with Crippen molar-refractivity contribution >= 4 is 11.6 Å². The summed E-state index contributed by atoms with van der Waals surface area (Å²) in [4.78, 5) is 33.0. The summed E-state index contributed by atoms with van der Waals surface area (Å²) in [5, 5.41) is 3.26. The van der Waals surface area contributed by atoms with Gasteiger partial charge in [-0.25, -0.2) is 0 Å². The molecule has 0 aliphatic carbocycles. The SMILES string of the molecule is O=C(C=CCC1CCOCC1)N1CC(Nc2cc(-c3ccncc3)c[nH]c2=O)C1. The number of hydrogen-bond donors (Lipinski definition) is 2. The van der Waals surface area contributed by atoms with E-state index in [2.05, 4.69) is 15.3 Å². The highest BCUT2D eigenvalue weighted by Gasteiger charge is 2.29. The smallest absolute Gasteiger partial charge is 0.271 e. The van der Waals surface area contributed by atoms with Gasteiger partial charge in [0.2, 0.25) is 5.91 Å². The molecule has 0 atom stereocenters. The fourth-order valence-electron chi connectivity index (χ4n) is 3.72. The second kappa shape index (κ2) is 9.05. The highest BCUT2D eigenvalue weighted by molar-refractivity contribution is 5.88. The monoisotopic (exact) mass is 394 g/mol. The quantitative estimate of drug-likeness (QED) is 0.735. The summed E-state index contributed by atoms with van der Waals surface area (Å²) in [5.41, 5.74) is 2.26. The van der Waals surface area contributed by atoms with Gasteiger partial charge in [-0.2, -0.15) is 0 Å². The molecule has 0 aromatic carbocycles. The Balaban J connectivity index is 1.28. The van der Waals surface area contributed by atoms with E-state index in [9.17, 15) is 9.59 Å². The number of likely N-dealkylation sites (tertiary alicyclic amines) is 1. The average molecular weight is 394 g/mol. The second-order valence-electron chi connectivity index (χ2n) is 7.65. The molecule has 29 heavy (non-hydrogen) atoms. The van der Waals surface area contributed by atoms with Gasteiger partial charge in [0, 0.05) is 50.5 Å². The molecule has 2 aliphatic heterocycles. The number of carbonyl (C=O) groups excluding carboxylic acids is 1. The summed E-state index contributed by atoms with van der Waals surface area (Å²) in [5.74, 6) is 0.660. The van der Waals surface area contributed by atoms with E-state index < -0.39 is 0 Å². The number of nitrogens with one attached hydrogen (secondary N) is 2. The minimum absolute atomic E-state index is 0.0366. The van der Waals surface area contributed by atoms with E-state index in [0.29, 0.717) is 24.7 Å². The summed E-state index contributed by atoms with van der Waals surface area (Å²) in [7, 11) is 0. The van der Waals surface area contributed by atoms with Crippen molar-refractivity contribution in [2.45, 2.75) is 25.3 Å². The molecule has 4 heterocycles. The molecule has 152 valence electrons. The van der Waals surface area contributed by atoms with Crippen LogP contribution < -0.4 is 10.9 Å². The van der Waals surface area contributed by atoms with Crippen LogP contribution in [0.5, 0.6) is 0 Å². The molecule has 0 unspecified atom stereocenters. The first kappa shape index (κ1) is 19.4. The van der Waals surface area contributed by atoms with Gasteiger partial charge in [0.25, 0.3) is 5.56 Å². The molecule has 4 rings (SSSR count). The molecule has 1 amide bonds. The molecule has 2 saturated heterocycles. The molecule has 0 radical (unpaired) electrons. The van der Waals surface area contributed by atoms with Crippen molar-refractivity contribution in [3.63, 3.8) is 0 Å². The first-order valence-corrected chi connectivity index (χ1v) is 10.1. The Morgan fingerprint density at radius 1 is 1.24 bits per heavy atom. The Bertz CT molecular complexity index is 913. The van der Waals surface area contributed by atoms with Gasteiger partial charge in [-0.3, -0.25) is 14.6 Å². The van der Waals surface area contributed by atoms with Crippen LogP contribution in [-0.2, 0) is 9.53 Å². The highest BCUT2D eigenvalue weighted by Crippen LogP contribution is 2.21. The van der Waals surface area contributed by atoms with Crippen molar-refractivity contribution in [1.82, 2.24) is 14.9 Å². The lowest BCUT2D eigenvalue weighted by Crippen LogP contribution is -2.57. The Labute approximate surface area is 169 Å². The predicted molar refractivity (Wildman–Crippen MR) is 112 cm³/mol. The van der Waals surface area contributed by atoms with Crippen LogP contribution in [0.15, 0.2) is 53.7 Å². The van der Waals surface area contributed by atoms with Crippen molar-refractivity contribution < 1.29 is 9.53 Å². The van der Waals surface area contributed by atoms with Crippen LogP contribution in [-0.4, -0.2) is 53.1 Å². The van der Waals surface area contributed by atoms with Crippen molar-refractivity contribution in [2.24, 2.45) is 5.92 Å². The lowest BCUT2D eigenvalue weighted by atomic mass is 9.96. The molecule has 7 heteroatoms. The van der Waals surface area contributed by atoms with Crippen molar-refractivity contribution in [3.05, 3.63) is 59.3 Å². The van der Waals surface area contributed by atoms with E-state index >= 15 is 0 Å². The molecule has 7 nitrogen and oxygen atoms in total. The number of hydrogen-bond acceptors (Lipinski definition) is 5. The minimum Gasteiger partial charge on any atom is -0.381 e. The maximum atomic E-state index is 12.3. The lowest BCUT2D eigenvalue weighted by molar-refractivity contribution is -0.129. The topological polar surface area (TPSA) is 87.3 Å². The third kappa shape index (κ3) is 4.92. The van der Waals surface area contributed by atoms with Crippen LogP contribution in [0.3, 0.4) is 0 Å². The standard InChI is InChI=1S/C22H26N4O3/c27-21(3-1-2-16-6-10-29-11-7-16)26-14-19(15-26)25-20-12-18(13-24-22(20)28)17-4-8-23-9-5-17/h1,3-5,8-9,12-13,16,19,25H,2,6-7,10-11,14-15H2,(H,24,28). The number of pyridine rings is 2. The molecular formula is C22H26N4O3. The number of aromatic nitrogens is 2. The maximum Gasteiger partial charge on any atom is 0.271 e. The van der Waals surface area contributed by atoms with Gasteiger partial charge >= 0.3 is 0 Å². The van der Waals surface area contributed by atoms with Crippen molar-refractivity contribution in [2.75, 3.05) is 31.6 Å². The van der Waals surface area contributed by atoms with Crippen molar-refractivity contribution in [3.8, 4) is 11.1 Å². The maximum absolute atomic E-state index is 12.3. The summed E-state index contributed by atoms with van der Waals surface area (Å²) in [6.45, 7) is 2.85. The van der Waals surface area contributed by atoms with Gasteiger partial charge in [-0.1, -0.05) is 6.08 Å². The molecule has 2 aliphatic rings.